The summed E-state index contributed by atoms with van der Waals surface area (Å²) in [5.41, 5.74) is 6.29. The van der Waals surface area contributed by atoms with Gasteiger partial charge in [0.05, 0.1) is 4.90 Å². The number of allylic oxidation sites excluding steroid dienone is 1. The van der Waals surface area contributed by atoms with Crippen molar-refractivity contribution < 1.29 is 13.0 Å². The van der Waals surface area contributed by atoms with E-state index in [2.05, 4.69) is 66.1 Å². The van der Waals surface area contributed by atoms with Crippen LogP contribution in [0.1, 0.15) is 41.9 Å². The van der Waals surface area contributed by atoms with Gasteiger partial charge in [0.1, 0.15) is 0 Å². The molecule has 0 amide bonds. The lowest BCUT2D eigenvalue weighted by Gasteiger charge is -2.27. The molecule has 6 rings (SSSR count). The number of benzene rings is 4. The number of rotatable bonds is 6. The molecular weight excluding hydrogens is 510 g/mol. The molecular formula is C32H29NO3S2. The molecule has 4 nitrogen and oxygen atoms in total. The molecule has 0 saturated heterocycles. The predicted molar refractivity (Wildman–Crippen MR) is 158 cm³/mol. The second-order valence-electron chi connectivity index (χ2n) is 10.1. The van der Waals surface area contributed by atoms with Gasteiger partial charge in [-0.05, 0) is 89.7 Å². The third kappa shape index (κ3) is 4.57. The minimum atomic E-state index is -4.25. The summed E-state index contributed by atoms with van der Waals surface area (Å²) in [6.07, 6.45) is 7.90. The maximum Gasteiger partial charge on any atom is 0.294 e. The number of thioether (sulfide) groups is 1. The Balaban J connectivity index is 1.26. The van der Waals surface area contributed by atoms with E-state index in [1.165, 1.54) is 53.9 Å². The number of hydrogen-bond donors (Lipinski definition) is 1. The third-order valence-electron chi connectivity index (χ3n) is 7.69. The van der Waals surface area contributed by atoms with Crippen LogP contribution >= 0.6 is 11.8 Å². The molecule has 192 valence electrons. The highest BCUT2D eigenvalue weighted by atomic mass is 32.2. The fraction of sp³-hybridized carbons (Fsp3) is 0.188. The molecule has 1 fully saturated rings. The van der Waals surface area contributed by atoms with E-state index in [1.807, 2.05) is 25.1 Å². The Hall–Kier alpha value is -3.32. The maximum atomic E-state index is 11.6. The van der Waals surface area contributed by atoms with Crippen molar-refractivity contribution in [2.24, 2.45) is 0 Å². The Morgan fingerprint density at radius 3 is 2.63 bits per heavy atom. The summed E-state index contributed by atoms with van der Waals surface area (Å²) >= 11 is 1.57. The molecule has 2 aliphatic rings. The molecule has 38 heavy (non-hydrogen) atoms. The third-order valence-corrected chi connectivity index (χ3v) is 9.68. The van der Waals surface area contributed by atoms with E-state index in [1.54, 1.807) is 17.8 Å². The SMILES string of the molecule is C=C(/C=C/c1ccc2c(c1)C1CCCC1N2c1ccccc1)Sc1c(C)ccc2cc(S(=O)(=O)O)ccc12. The summed E-state index contributed by atoms with van der Waals surface area (Å²) in [4.78, 5) is 4.35. The number of anilines is 2. The van der Waals surface area contributed by atoms with Crippen LogP contribution in [0, 0.1) is 6.92 Å². The summed E-state index contributed by atoms with van der Waals surface area (Å²) in [6, 6.07) is 26.6. The molecule has 1 aliphatic heterocycles. The summed E-state index contributed by atoms with van der Waals surface area (Å²) in [5.74, 6) is 0.571. The lowest BCUT2D eigenvalue weighted by molar-refractivity contribution is 0.483. The molecule has 1 heterocycles. The van der Waals surface area contributed by atoms with E-state index in [-0.39, 0.29) is 4.90 Å². The monoisotopic (exact) mass is 539 g/mol. The van der Waals surface area contributed by atoms with Crippen LogP contribution < -0.4 is 4.90 Å². The minimum absolute atomic E-state index is 0.101. The lowest BCUT2D eigenvalue weighted by Crippen LogP contribution is -2.26. The average molecular weight is 540 g/mol. The van der Waals surface area contributed by atoms with Crippen molar-refractivity contribution in [2.75, 3.05) is 4.90 Å². The molecule has 6 heteroatoms. The van der Waals surface area contributed by atoms with Crippen molar-refractivity contribution in [3.63, 3.8) is 0 Å². The van der Waals surface area contributed by atoms with Gasteiger partial charge in [-0.25, -0.2) is 0 Å². The zero-order valence-electron chi connectivity index (χ0n) is 21.2. The fourth-order valence-electron chi connectivity index (χ4n) is 5.94. The first-order valence-electron chi connectivity index (χ1n) is 12.8. The van der Waals surface area contributed by atoms with Crippen molar-refractivity contribution in [3.05, 3.63) is 113 Å². The summed E-state index contributed by atoms with van der Waals surface area (Å²) in [5, 5.41) is 1.69. The van der Waals surface area contributed by atoms with Crippen molar-refractivity contribution in [2.45, 2.75) is 47.9 Å². The van der Waals surface area contributed by atoms with Gasteiger partial charge in [-0.15, -0.1) is 0 Å². The highest BCUT2D eigenvalue weighted by Crippen LogP contribution is 2.52. The van der Waals surface area contributed by atoms with Gasteiger partial charge in [-0.1, -0.05) is 73.3 Å². The zero-order valence-corrected chi connectivity index (χ0v) is 22.8. The van der Waals surface area contributed by atoms with Gasteiger partial charge < -0.3 is 4.90 Å². The Kier molecular flexibility index (Phi) is 6.42. The summed E-state index contributed by atoms with van der Waals surface area (Å²) in [6.45, 7) is 6.31. The van der Waals surface area contributed by atoms with Crippen LogP contribution in [-0.2, 0) is 10.1 Å². The smallest absolute Gasteiger partial charge is 0.294 e. The number of para-hydroxylation sites is 1. The van der Waals surface area contributed by atoms with Crippen LogP contribution in [-0.4, -0.2) is 19.0 Å². The van der Waals surface area contributed by atoms with E-state index < -0.39 is 10.1 Å². The highest BCUT2D eigenvalue weighted by molar-refractivity contribution is 8.03. The number of hydrogen-bond acceptors (Lipinski definition) is 4. The van der Waals surface area contributed by atoms with Gasteiger partial charge in [0, 0.05) is 33.1 Å². The molecule has 1 N–H and O–H groups in total. The second kappa shape index (κ2) is 9.77. The van der Waals surface area contributed by atoms with Gasteiger partial charge >= 0.3 is 0 Å². The van der Waals surface area contributed by atoms with E-state index >= 15 is 0 Å². The molecule has 0 bridgehead atoms. The van der Waals surface area contributed by atoms with Crippen molar-refractivity contribution in [1.29, 1.82) is 0 Å². The summed E-state index contributed by atoms with van der Waals surface area (Å²) in [7, 11) is -4.25. The molecule has 0 spiro atoms. The van der Waals surface area contributed by atoms with E-state index in [0.717, 1.165) is 26.1 Å². The Morgan fingerprint density at radius 1 is 1.03 bits per heavy atom. The van der Waals surface area contributed by atoms with Crippen LogP contribution in [0.4, 0.5) is 11.4 Å². The van der Waals surface area contributed by atoms with Crippen LogP contribution in [0.15, 0.2) is 106 Å². The first-order valence-corrected chi connectivity index (χ1v) is 15.1. The van der Waals surface area contributed by atoms with Crippen LogP contribution in [0.3, 0.4) is 0 Å². The lowest BCUT2D eigenvalue weighted by atomic mass is 9.96. The normalized spacial score (nSPS) is 18.7. The number of nitrogens with zero attached hydrogens (tertiary/aromatic N) is 1. The quantitative estimate of drug-likeness (QED) is 0.151. The highest BCUT2D eigenvalue weighted by Gasteiger charge is 2.41. The van der Waals surface area contributed by atoms with Crippen LogP contribution in [0.25, 0.3) is 16.8 Å². The van der Waals surface area contributed by atoms with Gasteiger partial charge in [0.2, 0.25) is 0 Å². The second-order valence-corrected chi connectivity index (χ2v) is 12.7. The molecule has 1 saturated carbocycles. The van der Waals surface area contributed by atoms with E-state index in [4.69, 9.17) is 0 Å². The molecule has 0 aromatic heterocycles. The summed E-state index contributed by atoms with van der Waals surface area (Å²) < 4.78 is 32.6. The zero-order chi connectivity index (χ0) is 26.4. The first kappa shape index (κ1) is 25.0. The van der Waals surface area contributed by atoms with E-state index in [0.29, 0.717) is 12.0 Å². The average Bonchev–Trinajstić information content (AvgIpc) is 3.50. The fourth-order valence-corrected chi connectivity index (χ4v) is 7.38. The Labute approximate surface area is 228 Å². The van der Waals surface area contributed by atoms with E-state index in [9.17, 15) is 13.0 Å². The minimum Gasteiger partial charge on any atom is -0.338 e. The molecule has 2 atom stereocenters. The largest absolute Gasteiger partial charge is 0.338 e. The van der Waals surface area contributed by atoms with Gasteiger partial charge in [-0.3, -0.25) is 4.55 Å². The standard InChI is InChI=1S/C32H29NO3S2/c1-21-11-15-24-20-26(38(34,35)36)16-17-27(24)32(21)37-22(2)12-13-23-14-18-31-29(19-23)28-9-6-10-30(28)33(31)25-7-4-3-5-8-25/h3-5,7-8,11-20,28,30H,2,6,9-10H2,1H3,(H,34,35,36)/b13-12+. The van der Waals surface area contributed by atoms with Gasteiger partial charge in [0.15, 0.2) is 0 Å². The van der Waals surface area contributed by atoms with Gasteiger partial charge in [0.25, 0.3) is 10.1 Å². The molecule has 1 aliphatic carbocycles. The maximum absolute atomic E-state index is 11.6. The number of aryl methyl sites for hydroxylation is 1. The van der Waals surface area contributed by atoms with Crippen molar-refractivity contribution in [1.82, 2.24) is 0 Å². The molecule has 0 radical (unpaired) electrons. The van der Waals surface area contributed by atoms with Crippen LogP contribution in [0.2, 0.25) is 0 Å². The first-order chi connectivity index (χ1) is 18.3. The Bertz CT molecular complexity index is 1690. The van der Waals surface area contributed by atoms with Crippen molar-refractivity contribution >= 4 is 50.1 Å². The topological polar surface area (TPSA) is 57.6 Å². The van der Waals surface area contributed by atoms with Crippen molar-refractivity contribution in [3.8, 4) is 0 Å². The number of fused-ring (bicyclic) bond motifs is 4. The predicted octanol–water partition coefficient (Wildman–Crippen LogP) is 8.50. The molecule has 4 aromatic carbocycles. The molecule has 4 aromatic rings. The van der Waals surface area contributed by atoms with Crippen LogP contribution in [0.5, 0.6) is 0 Å². The Morgan fingerprint density at radius 2 is 1.84 bits per heavy atom. The molecule has 2 unspecified atom stereocenters. The van der Waals surface area contributed by atoms with Gasteiger partial charge in [-0.2, -0.15) is 8.42 Å².